The molecule has 0 atom stereocenters. The third-order valence-electron chi connectivity index (χ3n) is 11.6. The fourth-order valence-corrected chi connectivity index (χ4v) is 8.97. The van der Waals surface area contributed by atoms with E-state index in [1.807, 2.05) is 0 Å². The zero-order valence-corrected chi connectivity index (χ0v) is 31.8. The number of benzene rings is 10. The molecule has 0 aliphatic rings. The van der Waals surface area contributed by atoms with Gasteiger partial charge in [0, 0.05) is 33.5 Å². The first-order valence-corrected chi connectivity index (χ1v) is 19.9. The first-order valence-electron chi connectivity index (χ1n) is 19.9. The smallest absolute Gasteiger partial charge is 0.0542 e. The van der Waals surface area contributed by atoms with Gasteiger partial charge in [-0.3, -0.25) is 0 Å². The van der Waals surface area contributed by atoms with Gasteiger partial charge in [-0.15, -0.1) is 0 Å². The lowest BCUT2D eigenvalue weighted by Crippen LogP contribution is -2.09. The molecule has 0 aliphatic carbocycles. The maximum atomic E-state index is 2.37. The molecule has 2 nitrogen and oxygen atoms in total. The van der Waals surface area contributed by atoms with Crippen LogP contribution in [0.25, 0.3) is 82.4 Å². The van der Waals surface area contributed by atoms with Crippen molar-refractivity contribution >= 4 is 60.4 Å². The van der Waals surface area contributed by atoms with E-state index in [-0.39, 0.29) is 0 Å². The lowest BCUT2D eigenvalue weighted by molar-refractivity contribution is 1.18. The minimum absolute atomic E-state index is 1.11. The van der Waals surface area contributed by atoms with E-state index in [4.69, 9.17) is 0 Å². The predicted molar refractivity (Wildman–Crippen MR) is 247 cm³/mol. The second-order valence-electron chi connectivity index (χ2n) is 14.9. The number of hydrogen-bond acceptors (Lipinski definition) is 1. The van der Waals surface area contributed by atoms with Crippen LogP contribution < -0.4 is 4.90 Å². The van der Waals surface area contributed by atoms with Crippen molar-refractivity contribution < 1.29 is 0 Å². The van der Waals surface area contributed by atoms with Gasteiger partial charge >= 0.3 is 0 Å². The number of para-hydroxylation sites is 3. The highest BCUT2D eigenvalue weighted by atomic mass is 15.1. The number of aromatic nitrogens is 1. The molecule has 272 valence electrons. The summed E-state index contributed by atoms with van der Waals surface area (Å²) >= 11 is 0. The van der Waals surface area contributed by atoms with Gasteiger partial charge in [0.05, 0.1) is 11.0 Å². The lowest BCUT2D eigenvalue weighted by Gasteiger charge is -2.26. The van der Waals surface area contributed by atoms with Gasteiger partial charge in [-0.25, -0.2) is 0 Å². The zero-order chi connectivity index (χ0) is 38.4. The van der Waals surface area contributed by atoms with Crippen LogP contribution in [0.4, 0.5) is 17.1 Å². The fraction of sp³-hybridized carbons (Fsp3) is 0. The molecule has 0 fully saturated rings. The van der Waals surface area contributed by atoms with E-state index < -0.39 is 0 Å². The average Bonchev–Trinajstić information content (AvgIpc) is 3.63. The largest absolute Gasteiger partial charge is 0.310 e. The quantitative estimate of drug-likeness (QED) is 0.148. The highest BCUT2D eigenvalue weighted by Gasteiger charge is 2.19. The summed E-state index contributed by atoms with van der Waals surface area (Å²) in [6.45, 7) is 0. The average molecular weight is 739 g/mol. The van der Waals surface area contributed by atoms with E-state index in [0.29, 0.717) is 0 Å². The van der Waals surface area contributed by atoms with Gasteiger partial charge in [-0.1, -0.05) is 170 Å². The van der Waals surface area contributed by atoms with E-state index in [1.54, 1.807) is 0 Å². The highest BCUT2D eigenvalue weighted by Crippen LogP contribution is 2.44. The van der Waals surface area contributed by atoms with E-state index in [2.05, 4.69) is 240 Å². The van der Waals surface area contributed by atoms with Crippen LogP contribution in [0.1, 0.15) is 0 Å². The van der Waals surface area contributed by atoms with E-state index in [9.17, 15) is 0 Å². The minimum Gasteiger partial charge on any atom is -0.310 e. The predicted octanol–water partition coefficient (Wildman–Crippen LogP) is 15.6. The zero-order valence-electron chi connectivity index (χ0n) is 31.8. The summed E-state index contributed by atoms with van der Waals surface area (Å²) in [5.41, 5.74) is 14.3. The van der Waals surface area contributed by atoms with Crippen molar-refractivity contribution in [3.63, 3.8) is 0 Å². The molecule has 0 N–H and O–H groups in total. The Bertz CT molecular complexity index is 3180. The number of nitrogens with zero attached hydrogens (tertiary/aromatic N) is 2. The summed E-state index contributed by atoms with van der Waals surface area (Å²) < 4.78 is 2.37. The second kappa shape index (κ2) is 14.1. The Morgan fingerprint density at radius 1 is 0.259 bits per heavy atom. The molecule has 11 aromatic rings. The Morgan fingerprint density at radius 2 is 0.655 bits per heavy atom. The summed E-state index contributed by atoms with van der Waals surface area (Å²) in [5.74, 6) is 0. The molecule has 0 saturated heterocycles. The second-order valence-corrected chi connectivity index (χ2v) is 14.9. The maximum Gasteiger partial charge on any atom is 0.0542 e. The van der Waals surface area contributed by atoms with Crippen LogP contribution in [0, 0.1) is 0 Å². The maximum absolute atomic E-state index is 2.37. The molecular formula is C56H38N2. The third kappa shape index (κ3) is 5.66. The van der Waals surface area contributed by atoms with Gasteiger partial charge in [-0.2, -0.15) is 0 Å². The lowest BCUT2D eigenvalue weighted by atomic mass is 9.86. The van der Waals surface area contributed by atoms with Crippen molar-refractivity contribution in [2.75, 3.05) is 4.90 Å². The first kappa shape index (κ1) is 33.6. The highest BCUT2D eigenvalue weighted by molar-refractivity contribution is 6.21. The van der Waals surface area contributed by atoms with Gasteiger partial charge in [0.2, 0.25) is 0 Å². The van der Waals surface area contributed by atoms with Crippen LogP contribution >= 0.6 is 0 Å². The monoisotopic (exact) mass is 738 g/mol. The van der Waals surface area contributed by atoms with Gasteiger partial charge in [-0.05, 0) is 116 Å². The van der Waals surface area contributed by atoms with Gasteiger partial charge in [0.1, 0.15) is 0 Å². The van der Waals surface area contributed by atoms with Gasteiger partial charge in [0.25, 0.3) is 0 Å². The molecule has 1 heterocycles. The van der Waals surface area contributed by atoms with Gasteiger partial charge in [0.15, 0.2) is 0 Å². The van der Waals surface area contributed by atoms with Crippen LogP contribution in [-0.4, -0.2) is 4.57 Å². The summed E-state index contributed by atoms with van der Waals surface area (Å²) in [6.07, 6.45) is 0. The van der Waals surface area contributed by atoms with Gasteiger partial charge < -0.3 is 9.47 Å². The number of rotatable bonds is 7. The molecule has 1 aromatic heterocycles. The summed E-state index contributed by atoms with van der Waals surface area (Å²) in [7, 11) is 0. The molecule has 10 aromatic carbocycles. The van der Waals surface area contributed by atoms with Crippen molar-refractivity contribution in [3.05, 3.63) is 231 Å². The van der Waals surface area contributed by atoms with Crippen LogP contribution in [0.15, 0.2) is 231 Å². The van der Waals surface area contributed by atoms with Crippen molar-refractivity contribution in [2.24, 2.45) is 0 Å². The molecule has 0 saturated carbocycles. The van der Waals surface area contributed by atoms with Crippen LogP contribution in [0.5, 0.6) is 0 Å². The molecule has 0 unspecified atom stereocenters. The van der Waals surface area contributed by atoms with Crippen LogP contribution in [-0.2, 0) is 0 Å². The normalized spacial score (nSPS) is 11.4. The number of fused-ring (bicyclic) bond motifs is 5. The molecule has 2 heteroatoms. The Balaban J connectivity index is 0.978. The molecule has 0 amide bonds. The Labute approximate surface area is 338 Å². The van der Waals surface area contributed by atoms with Crippen molar-refractivity contribution in [3.8, 4) is 39.1 Å². The first-order chi connectivity index (χ1) is 28.8. The number of hydrogen-bond donors (Lipinski definition) is 0. The fourth-order valence-electron chi connectivity index (χ4n) is 8.97. The van der Waals surface area contributed by atoms with Crippen molar-refractivity contribution in [2.45, 2.75) is 0 Å². The van der Waals surface area contributed by atoms with Crippen molar-refractivity contribution in [1.29, 1.82) is 0 Å². The van der Waals surface area contributed by atoms with E-state index in [1.165, 1.54) is 76.7 Å². The van der Waals surface area contributed by atoms with E-state index in [0.717, 1.165) is 22.7 Å². The van der Waals surface area contributed by atoms with E-state index >= 15 is 0 Å². The SMILES string of the molecule is c1ccc(-c2c3ccccc3c(-c3ccc(-c4ccc(N(c5ccccc5)c5ccc6c(c5)c5ccccc5n6-c5ccccc5)cc4)cc3)c3ccccc23)cc1. The summed E-state index contributed by atoms with van der Waals surface area (Å²) in [5, 5.41) is 7.53. The topological polar surface area (TPSA) is 8.17 Å². The van der Waals surface area contributed by atoms with Crippen molar-refractivity contribution in [1.82, 2.24) is 4.57 Å². The Morgan fingerprint density at radius 3 is 1.24 bits per heavy atom. The molecule has 0 radical (unpaired) electrons. The third-order valence-corrected chi connectivity index (χ3v) is 11.6. The molecule has 58 heavy (non-hydrogen) atoms. The molecular weight excluding hydrogens is 701 g/mol. The standard InChI is InChI=1S/C56H38N2/c1-4-16-41(17-5-1)55-48-23-10-12-25-50(48)56(51-26-13-11-24-49(51)55)42-30-28-39(29-31-42)40-32-34-45(35-33-40)57(43-18-6-2-7-19-43)46-36-37-54-52(38-46)47-22-14-15-27-53(47)58(54)44-20-8-3-9-21-44/h1-38H. The summed E-state index contributed by atoms with van der Waals surface area (Å²) in [4.78, 5) is 2.36. The minimum atomic E-state index is 1.11. The Kier molecular flexibility index (Phi) is 8.19. The summed E-state index contributed by atoms with van der Waals surface area (Å²) in [6, 6.07) is 83.5. The number of anilines is 3. The Hall–Kier alpha value is -7.68. The van der Waals surface area contributed by atoms with Crippen LogP contribution in [0.3, 0.4) is 0 Å². The molecule has 0 spiro atoms. The van der Waals surface area contributed by atoms with Crippen LogP contribution in [0.2, 0.25) is 0 Å². The molecule has 11 rings (SSSR count). The molecule has 0 bridgehead atoms. The molecule has 0 aliphatic heterocycles.